The van der Waals surface area contributed by atoms with Crippen LogP contribution in [-0.4, -0.2) is 38.1 Å². The number of rotatable bonds is 12. The fourth-order valence-electron chi connectivity index (χ4n) is 3.92. The predicted molar refractivity (Wildman–Crippen MR) is 141 cm³/mol. The van der Waals surface area contributed by atoms with Gasteiger partial charge in [-0.1, -0.05) is 24.3 Å². The number of fused-ring (bicyclic) bond motifs is 2. The highest BCUT2D eigenvalue weighted by atomic mass is 16.6. The highest BCUT2D eigenvalue weighted by Gasteiger charge is 2.15. The van der Waals surface area contributed by atoms with E-state index in [1.807, 2.05) is 18.2 Å². The lowest BCUT2D eigenvalue weighted by Gasteiger charge is -2.19. The van der Waals surface area contributed by atoms with E-state index in [4.69, 9.17) is 18.9 Å². The van der Waals surface area contributed by atoms with Crippen molar-refractivity contribution in [2.24, 2.45) is 0 Å². The van der Waals surface area contributed by atoms with Crippen LogP contribution in [0.3, 0.4) is 0 Å². The summed E-state index contributed by atoms with van der Waals surface area (Å²) in [7, 11) is 0. The molecule has 3 aromatic carbocycles. The molecule has 2 N–H and O–H groups in total. The molecule has 4 rings (SSSR count). The van der Waals surface area contributed by atoms with Gasteiger partial charge in [-0.15, -0.1) is 0 Å². The van der Waals surface area contributed by atoms with Crippen LogP contribution in [0.4, 0.5) is 0 Å². The summed E-state index contributed by atoms with van der Waals surface area (Å²) in [5.41, 5.74) is 1.18. The summed E-state index contributed by atoms with van der Waals surface area (Å²) in [4.78, 5) is 22.3. The first-order valence-electron chi connectivity index (χ1n) is 12.4. The SMILES string of the molecule is CC(=O)NCCc1cccc2ccc(OCCCCOc3ccc4c(c3)OC(CNC(C)=O)=CO4)cc12. The molecular formula is C29H32N2O6. The van der Waals surface area contributed by atoms with Gasteiger partial charge in [-0.25, -0.2) is 0 Å². The minimum Gasteiger partial charge on any atom is -0.494 e. The zero-order valence-corrected chi connectivity index (χ0v) is 21.2. The molecule has 37 heavy (non-hydrogen) atoms. The van der Waals surface area contributed by atoms with Crippen molar-refractivity contribution in [1.82, 2.24) is 10.6 Å². The summed E-state index contributed by atoms with van der Waals surface area (Å²) >= 11 is 0. The van der Waals surface area contributed by atoms with Crippen molar-refractivity contribution in [3.8, 4) is 23.0 Å². The maximum atomic E-state index is 11.2. The van der Waals surface area contributed by atoms with E-state index < -0.39 is 0 Å². The summed E-state index contributed by atoms with van der Waals surface area (Å²) < 4.78 is 23.2. The van der Waals surface area contributed by atoms with Crippen molar-refractivity contribution in [1.29, 1.82) is 0 Å². The van der Waals surface area contributed by atoms with Crippen LogP contribution in [0.15, 0.2) is 66.6 Å². The van der Waals surface area contributed by atoms with E-state index in [-0.39, 0.29) is 18.4 Å². The Morgan fingerprint density at radius 1 is 0.838 bits per heavy atom. The smallest absolute Gasteiger partial charge is 0.217 e. The minimum absolute atomic E-state index is 0.0211. The van der Waals surface area contributed by atoms with Crippen LogP contribution in [0, 0.1) is 0 Å². The van der Waals surface area contributed by atoms with Gasteiger partial charge in [0.1, 0.15) is 17.8 Å². The number of amides is 2. The second kappa shape index (κ2) is 12.7. The van der Waals surface area contributed by atoms with Gasteiger partial charge in [0.25, 0.3) is 0 Å². The average molecular weight is 505 g/mol. The van der Waals surface area contributed by atoms with E-state index in [0.717, 1.165) is 35.8 Å². The Morgan fingerprint density at radius 2 is 1.57 bits per heavy atom. The molecule has 0 aliphatic carbocycles. The zero-order valence-electron chi connectivity index (χ0n) is 21.2. The molecule has 0 radical (unpaired) electrons. The van der Waals surface area contributed by atoms with Crippen LogP contribution in [0.1, 0.15) is 32.3 Å². The Labute approximate surface area is 216 Å². The van der Waals surface area contributed by atoms with Crippen molar-refractivity contribution in [2.45, 2.75) is 33.1 Å². The van der Waals surface area contributed by atoms with Gasteiger partial charge in [0.05, 0.1) is 19.8 Å². The van der Waals surface area contributed by atoms with E-state index in [1.54, 1.807) is 12.1 Å². The maximum absolute atomic E-state index is 11.2. The molecule has 2 amide bonds. The first-order chi connectivity index (χ1) is 18.0. The van der Waals surface area contributed by atoms with Crippen LogP contribution in [0.2, 0.25) is 0 Å². The Kier molecular flexibility index (Phi) is 8.86. The Hall–Kier alpha value is -4.20. The van der Waals surface area contributed by atoms with Gasteiger partial charge in [0.2, 0.25) is 11.8 Å². The normalized spacial score (nSPS) is 12.0. The molecule has 0 saturated heterocycles. The van der Waals surface area contributed by atoms with Crippen molar-refractivity contribution in [2.75, 3.05) is 26.3 Å². The van der Waals surface area contributed by atoms with Crippen molar-refractivity contribution in [3.63, 3.8) is 0 Å². The maximum Gasteiger partial charge on any atom is 0.217 e. The summed E-state index contributed by atoms with van der Waals surface area (Å²) in [5.74, 6) is 3.02. The fraction of sp³-hybridized carbons (Fsp3) is 0.310. The number of carbonyl (C=O) groups excluding carboxylic acids is 2. The molecule has 8 nitrogen and oxygen atoms in total. The topological polar surface area (TPSA) is 95.1 Å². The van der Waals surface area contributed by atoms with Gasteiger partial charge in [0.15, 0.2) is 17.3 Å². The molecule has 0 fully saturated rings. The minimum atomic E-state index is -0.138. The lowest BCUT2D eigenvalue weighted by molar-refractivity contribution is -0.119. The van der Waals surface area contributed by atoms with E-state index in [9.17, 15) is 9.59 Å². The van der Waals surface area contributed by atoms with Gasteiger partial charge in [-0.05, 0) is 59.9 Å². The van der Waals surface area contributed by atoms with E-state index in [1.165, 1.54) is 25.7 Å². The van der Waals surface area contributed by atoms with Crippen LogP contribution in [-0.2, 0) is 16.0 Å². The molecular weight excluding hydrogens is 472 g/mol. The molecule has 0 aromatic heterocycles. The number of unbranched alkanes of at least 4 members (excludes halogenated alkanes) is 1. The Morgan fingerprint density at radius 3 is 2.32 bits per heavy atom. The van der Waals surface area contributed by atoms with Gasteiger partial charge in [-0.3, -0.25) is 9.59 Å². The predicted octanol–water partition coefficient (Wildman–Crippen LogP) is 4.51. The number of benzene rings is 3. The van der Waals surface area contributed by atoms with E-state index >= 15 is 0 Å². The fourth-order valence-corrected chi connectivity index (χ4v) is 3.92. The first kappa shape index (κ1) is 25.9. The molecule has 194 valence electrons. The molecule has 0 bridgehead atoms. The largest absolute Gasteiger partial charge is 0.494 e. The van der Waals surface area contributed by atoms with E-state index in [0.29, 0.717) is 42.8 Å². The zero-order chi connectivity index (χ0) is 26.0. The lowest BCUT2D eigenvalue weighted by atomic mass is 10.0. The molecule has 0 unspecified atom stereocenters. The van der Waals surface area contributed by atoms with Gasteiger partial charge in [0, 0.05) is 26.5 Å². The van der Waals surface area contributed by atoms with Crippen LogP contribution >= 0.6 is 0 Å². The van der Waals surface area contributed by atoms with Gasteiger partial charge in [-0.2, -0.15) is 0 Å². The number of hydrogen-bond donors (Lipinski definition) is 2. The quantitative estimate of drug-likeness (QED) is 0.353. The second-order valence-corrected chi connectivity index (χ2v) is 8.76. The molecule has 8 heteroatoms. The number of ether oxygens (including phenoxy) is 4. The molecule has 0 spiro atoms. The Balaban J connectivity index is 1.21. The highest BCUT2D eigenvalue weighted by molar-refractivity contribution is 5.87. The second-order valence-electron chi connectivity index (χ2n) is 8.76. The monoisotopic (exact) mass is 504 g/mol. The van der Waals surface area contributed by atoms with Crippen molar-refractivity contribution in [3.05, 3.63) is 72.2 Å². The van der Waals surface area contributed by atoms with Crippen LogP contribution < -0.4 is 29.6 Å². The third kappa shape index (κ3) is 7.64. The van der Waals surface area contributed by atoms with Gasteiger partial charge >= 0.3 is 0 Å². The molecule has 0 atom stereocenters. The lowest BCUT2D eigenvalue weighted by Crippen LogP contribution is -2.25. The third-order valence-corrected chi connectivity index (χ3v) is 5.77. The summed E-state index contributed by atoms with van der Waals surface area (Å²) in [6.07, 6.45) is 3.93. The van der Waals surface area contributed by atoms with Crippen molar-refractivity contribution < 1.29 is 28.5 Å². The van der Waals surface area contributed by atoms with Crippen molar-refractivity contribution >= 4 is 22.6 Å². The van der Waals surface area contributed by atoms with Crippen LogP contribution in [0.25, 0.3) is 10.8 Å². The first-order valence-corrected chi connectivity index (χ1v) is 12.4. The Bertz CT molecular complexity index is 1290. The number of nitrogens with one attached hydrogen (secondary N) is 2. The molecule has 1 aliphatic heterocycles. The van der Waals surface area contributed by atoms with Crippen LogP contribution in [0.5, 0.6) is 23.0 Å². The summed E-state index contributed by atoms with van der Waals surface area (Å²) in [6, 6.07) is 17.7. The van der Waals surface area contributed by atoms with E-state index in [2.05, 4.69) is 34.9 Å². The molecule has 0 saturated carbocycles. The molecule has 1 aliphatic rings. The standard InChI is InChI=1S/C29H32N2O6/c1-20(32)30-13-12-23-7-5-6-22-8-9-24(16-27(22)23)34-14-3-4-15-35-25-10-11-28-29(17-25)37-26(19-36-28)18-31-21(2)33/h5-11,16-17,19H,3-4,12-15,18H2,1-2H3,(H,30,32)(H,31,33). The summed E-state index contributed by atoms with van der Waals surface area (Å²) in [6.45, 7) is 4.98. The van der Waals surface area contributed by atoms with Gasteiger partial charge < -0.3 is 29.6 Å². The summed E-state index contributed by atoms with van der Waals surface area (Å²) in [5, 5.41) is 7.83. The third-order valence-electron chi connectivity index (χ3n) is 5.77. The number of hydrogen-bond acceptors (Lipinski definition) is 6. The highest BCUT2D eigenvalue weighted by Crippen LogP contribution is 2.35. The number of carbonyl (C=O) groups is 2. The molecule has 3 aromatic rings. The molecule has 1 heterocycles. The average Bonchev–Trinajstić information content (AvgIpc) is 2.89.